The minimum absolute atomic E-state index is 0.00745. The second-order valence-electron chi connectivity index (χ2n) is 3.25. The zero-order valence-electron chi connectivity index (χ0n) is 7.38. The molecule has 1 aromatic rings. The Morgan fingerprint density at radius 2 is 2.14 bits per heavy atom. The minimum Gasteiger partial charge on any atom is -0.261 e. The Balaban J connectivity index is 2.22. The first-order valence-corrected chi connectivity index (χ1v) is 4.32. The van der Waals surface area contributed by atoms with Crippen LogP contribution in [0.4, 0.5) is 13.2 Å². The van der Waals surface area contributed by atoms with Crippen molar-refractivity contribution >= 4 is 0 Å². The van der Waals surface area contributed by atoms with Crippen LogP contribution in [-0.4, -0.2) is 22.7 Å². The number of alkyl halides is 3. The highest BCUT2D eigenvalue weighted by atomic mass is 19.4. The van der Waals surface area contributed by atoms with Crippen LogP contribution < -0.4 is 0 Å². The van der Waals surface area contributed by atoms with E-state index in [2.05, 4.69) is 4.98 Å². The van der Waals surface area contributed by atoms with Crippen molar-refractivity contribution < 1.29 is 13.2 Å². The molecule has 2 heterocycles. The third kappa shape index (κ3) is 1.72. The SMILES string of the molecule is FC(F)(F)N1CCc2ncccc2C1. The topological polar surface area (TPSA) is 16.1 Å². The van der Waals surface area contributed by atoms with Crippen molar-refractivity contribution in [2.24, 2.45) is 0 Å². The van der Waals surface area contributed by atoms with Gasteiger partial charge in [-0.15, -0.1) is 0 Å². The molecule has 0 radical (unpaired) electrons. The second-order valence-corrected chi connectivity index (χ2v) is 3.25. The molecule has 0 unspecified atom stereocenters. The normalized spacial score (nSPS) is 17.9. The Labute approximate surface area is 79.4 Å². The van der Waals surface area contributed by atoms with Crippen molar-refractivity contribution in [3.05, 3.63) is 29.6 Å². The molecule has 1 aromatic heterocycles. The van der Waals surface area contributed by atoms with E-state index in [-0.39, 0.29) is 13.1 Å². The van der Waals surface area contributed by atoms with Crippen LogP contribution in [-0.2, 0) is 13.0 Å². The number of nitrogens with zero attached hydrogens (tertiary/aromatic N) is 2. The molecular formula is C9H9F3N2. The number of hydrogen-bond donors (Lipinski definition) is 0. The van der Waals surface area contributed by atoms with Gasteiger partial charge >= 0.3 is 6.30 Å². The number of rotatable bonds is 0. The Morgan fingerprint density at radius 3 is 2.86 bits per heavy atom. The molecule has 0 amide bonds. The molecule has 76 valence electrons. The number of halogens is 3. The summed E-state index contributed by atoms with van der Waals surface area (Å²) in [5.41, 5.74) is 1.46. The van der Waals surface area contributed by atoms with Crippen molar-refractivity contribution in [3.63, 3.8) is 0 Å². The van der Waals surface area contributed by atoms with Crippen LogP contribution in [0.3, 0.4) is 0 Å². The van der Waals surface area contributed by atoms with E-state index in [1.54, 1.807) is 18.3 Å². The summed E-state index contributed by atoms with van der Waals surface area (Å²) in [5.74, 6) is 0. The number of fused-ring (bicyclic) bond motifs is 1. The van der Waals surface area contributed by atoms with E-state index < -0.39 is 6.30 Å². The van der Waals surface area contributed by atoms with Crippen molar-refractivity contribution in [3.8, 4) is 0 Å². The van der Waals surface area contributed by atoms with Gasteiger partial charge in [-0.2, -0.15) is 13.2 Å². The summed E-state index contributed by atoms with van der Waals surface area (Å²) < 4.78 is 37.0. The smallest absolute Gasteiger partial charge is 0.261 e. The Morgan fingerprint density at radius 1 is 1.36 bits per heavy atom. The summed E-state index contributed by atoms with van der Waals surface area (Å²) in [7, 11) is 0. The summed E-state index contributed by atoms with van der Waals surface area (Å²) in [6.45, 7) is -0.0693. The highest BCUT2D eigenvalue weighted by Crippen LogP contribution is 2.27. The van der Waals surface area contributed by atoms with Gasteiger partial charge < -0.3 is 0 Å². The Bertz CT molecular complexity index is 335. The molecular weight excluding hydrogens is 193 g/mol. The first-order chi connectivity index (χ1) is 6.57. The van der Waals surface area contributed by atoms with E-state index in [1.165, 1.54) is 0 Å². The summed E-state index contributed by atoms with van der Waals surface area (Å²) in [5, 5.41) is 0. The van der Waals surface area contributed by atoms with Crippen LogP contribution >= 0.6 is 0 Å². The molecule has 1 aliphatic heterocycles. The van der Waals surface area contributed by atoms with E-state index in [4.69, 9.17) is 0 Å². The van der Waals surface area contributed by atoms with Crippen molar-refractivity contribution in [1.29, 1.82) is 0 Å². The van der Waals surface area contributed by atoms with Crippen LogP contribution in [0.25, 0.3) is 0 Å². The molecule has 5 heteroatoms. The van der Waals surface area contributed by atoms with E-state index in [0.29, 0.717) is 16.9 Å². The minimum atomic E-state index is -4.23. The second kappa shape index (κ2) is 3.24. The van der Waals surface area contributed by atoms with Crippen LogP contribution in [0, 0.1) is 0 Å². The Hall–Kier alpha value is -1.10. The van der Waals surface area contributed by atoms with Gasteiger partial charge in [-0.1, -0.05) is 6.07 Å². The molecule has 2 nitrogen and oxygen atoms in total. The molecule has 0 aromatic carbocycles. The molecule has 14 heavy (non-hydrogen) atoms. The summed E-state index contributed by atoms with van der Waals surface area (Å²) in [4.78, 5) is 4.55. The van der Waals surface area contributed by atoms with E-state index >= 15 is 0 Å². The summed E-state index contributed by atoms with van der Waals surface area (Å²) in [6, 6.07) is 3.36. The molecule has 2 rings (SSSR count). The quantitative estimate of drug-likeness (QED) is 0.598. The molecule has 1 aliphatic rings. The molecule has 0 spiro atoms. The van der Waals surface area contributed by atoms with Gasteiger partial charge in [0.15, 0.2) is 0 Å². The van der Waals surface area contributed by atoms with Crippen LogP contribution in [0.2, 0.25) is 0 Å². The van der Waals surface area contributed by atoms with Crippen molar-refractivity contribution in [2.75, 3.05) is 6.54 Å². The predicted octanol–water partition coefficient (Wildman–Crippen LogP) is 1.96. The van der Waals surface area contributed by atoms with Gasteiger partial charge in [0.25, 0.3) is 0 Å². The lowest BCUT2D eigenvalue weighted by Crippen LogP contribution is -2.41. The summed E-state index contributed by atoms with van der Waals surface area (Å²) in [6.07, 6.45) is -2.24. The largest absolute Gasteiger partial charge is 0.460 e. The maximum Gasteiger partial charge on any atom is 0.460 e. The number of pyridine rings is 1. The van der Waals surface area contributed by atoms with Gasteiger partial charge in [0.2, 0.25) is 0 Å². The van der Waals surface area contributed by atoms with Crippen molar-refractivity contribution in [1.82, 2.24) is 9.88 Å². The molecule has 0 aliphatic carbocycles. The molecule has 0 bridgehead atoms. The fourth-order valence-corrected chi connectivity index (χ4v) is 1.58. The average molecular weight is 202 g/mol. The standard InChI is InChI=1S/C9H9F3N2/c10-9(11,12)14-5-3-8-7(6-14)2-1-4-13-8/h1-2,4H,3,5-6H2. The first kappa shape index (κ1) is 9.45. The van der Waals surface area contributed by atoms with Gasteiger partial charge in [0.1, 0.15) is 0 Å². The van der Waals surface area contributed by atoms with Gasteiger partial charge in [-0.3, -0.25) is 4.98 Å². The lowest BCUT2D eigenvalue weighted by Gasteiger charge is -2.29. The third-order valence-electron chi connectivity index (χ3n) is 2.32. The van der Waals surface area contributed by atoms with Gasteiger partial charge in [-0.05, 0) is 11.6 Å². The molecule has 0 fully saturated rings. The number of aromatic nitrogens is 1. The lowest BCUT2D eigenvalue weighted by molar-refractivity contribution is -0.250. The summed E-state index contributed by atoms with van der Waals surface area (Å²) >= 11 is 0. The zero-order chi connectivity index (χ0) is 10.2. The van der Waals surface area contributed by atoms with Gasteiger partial charge in [0, 0.05) is 31.4 Å². The predicted molar refractivity (Wildman–Crippen MR) is 44.4 cm³/mol. The van der Waals surface area contributed by atoms with E-state index in [1.807, 2.05) is 0 Å². The first-order valence-electron chi connectivity index (χ1n) is 4.32. The van der Waals surface area contributed by atoms with Crippen LogP contribution in [0.1, 0.15) is 11.3 Å². The monoisotopic (exact) mass is 202 g/mol. The van der Waals surface area contributed by atoms with E-state index in [9.17, 15) is 13.2 Å². The van der Waals surface area contributed by atoms with Crippen LogP contribution in [0.15, 0.2) is 18.3 Å². The highest BCUT2D eigenvalue weighted by molar-refractivity contribution is 5.22. The molecule has 0 atom stereocenters. The maximum absolute atomic E-state index is 12.3. The lowest BCUT2D eigenvalue weighted by atomic mass is 10.1. The fraction of sp³-hybridized carbons (Fsp3) is 0.444. The van der Waals surface area contributed by atoms with Crippen molar-refractivity contribution in [2.45, 2.75) is 19.3 Å². The fourth-order valence-electron chi connectivity index (χ4n) is 1.58. The molecule has 0 saturated carbocycles. The average Bonchev–Trinajstić information content (AvgIpc) is 2.16. The third-order valence-corrected chi connectivity index (χ3v) is 2.32. The Kier molecular flexibility index (Phi) is 2.19. The molecule has 0 saturated heterocycles. The van der Waals surface area contributed by atoms with Gasteiger partial charge in [-0.25, -0.2) is 4.90 Å². The zero-order valence-corrected chi connectivity index (χ0v) is 7.38. The molecule has 0 N–H and O–H groups in total. The maximum atomic E-state index is 12.3. The van der Waals surface area contributed by atoms with Gasteiger partial charge in [0.05, 0.1) is 0 Å². The van der Waals surface area contributed by atoms with Crippen LogP contribution in [0.5, 0.6) is 0 Å². The number of hydrogen-bond acceptors (Lipinski definition) is 2. The van der Waals surface area contributed by atoms with E-state index in [0.717, 1.165) is 5.69 Å². The highest BCUT2D eigenvalue weighted by Gasteiger charge is 2.38.